The van der Waals surface area contributed by atoms with Gasteiger partial charge in [0.25, 0.3) is 0 Å². The molecule has 0 radical (unpaired) electrons. The minimum absolute atomic E-state index is 0.0783. The molecule has 22 heavy (non-hydrogen) atoms. The van der Waals surface area contributed by atoms with E-state index >= 15 is 0 Å². The molecule has 1 amide bonds. The van der Waals surface area contributed by atoms with Gasteiger partial charge in [-0.2, -0.15) is 5.10 Å². The summed E-state index contributed by atoms with van der Waals surface area (Å²) in [5.41, 5.74) is 3.58. The van der Waals surface area contributed by atoms with Gasteiger partial charge in [0.05, 0.1) is 12.3 Å². The first kappa shape index (κ1) is 14.0. The number of nitrogens with zero attached hydrogens (tertiary/aromatic N) is 2. The highest BCUT2D eigenvalue weighted by Crippen LogP contribution is 2.47. The molecule has 0 spiro atoms. The summed E-state index contributed by atoms with van der Waals surface area (Å²) in [7, 11) is 0. The van der Waals surface area contributed by atoms with Crippen molar-refractivity contribution in [3.8, 4) is 0 Å². The van der Waals surface area contributed by atoms with E-state index in [4.69, 9.17) is 4.42 Å². The molecule has 7 nitrogen and oxygen atoms in total. The summed E-state index contributed by atoms with van der Waals surface area (Å²) in [4.78, 5) is 21.8. The van der Waals surface area contributed by atoms with Gasteiger partial charge >= 0.3 is 5.88 Å². The first-order chi connectivity index (χ1) is 10.6. The first-order valence-corrected chi connectivity index (χ1v) is 6.77. The number of rotatable bonds is 5. The lowest BCUT2D eigenvalue weighted by atomic mass is 10.1. The van der Waals surface area contributed by atoms with E-state index in [-0.39, 0.29) is 29.4 Å². The van der Waals surface area contributed by atoms with E-state index in [1.54, 1.807) is 0 Å². The highest BCUT2D eigenvalue weighted by atomic mass is 16.6. The molecule has 0 aliphatic heterocycles. The van der Waals surface area contributed by atoms with Crippen LogP contribution < -0.4 is 5.43 Å². The van der Waals surface area contributed by atoms with Gasteiger partial charge in [-0.15, -0.1) is 0 Å². The number of hydrazone groups is 1. The van der Waals surface area contributed by atoms with Crippen LogP contribution in [0, 0.1) is 16.0 Å². The van der Waals surface area contributed by atoms with Gasteiger partial charge in [-0.25, -0.2) is 5.43 Å². The molecule has 2 aromatic rings. The molecule has 1 aromatic heterocycles. The molecule has 1 aromatic carbocycles. The van der Waals surface area contributed by atoms with E-state index < -0.39 is 4.92 Å². The average Bonchev–Trinajstić information content (AvgIpc) is 3.19. The van der Waals surface area contributed by atoms with Gasteiger partial charge in [0.2, 0.25) is 5.91 Å². The fraction of sp³-hybridized carbons (Fsp3) is 0.200. The standard InChI is InChI=1S/C15H13N3O4/c19-15(13-8-12(13)10-4-2-1-3-5-10)17-16-9-11-6-7-14(22-11)18(20)21/h1-7,9,12-13H,8H2,(H,17,19)/b16-9-/t12-,13-/m1/s1. The molecule has 0 unspecified atom stereocenters. The normalized spacial score (nSPS) is 20.0. The Labute approximate surface area is 125 Å². The molecular formula is C15H13N3O4. The van der Waals surface area contributed by atoms with Gasteiger partial charge in [-0.3, -0.25) is 14.9 Å². The molecule has 7 heteroatoms. The van der Waals surface area contributed by atoms with E-state index in [0.717, 1.165) is 12.0 Å². The van der Waals surface area contributed by atoms with E-state index in [9.17, 15) is 14.9 Å². The summed E-state index contributed by atoms with van der Waals surface area (Å²) in [6.45, 7) is 0. The van der Waals surface area contributed by atoms with Gasteiger partial charge in [-0.05, 0) is 24.0 Å². The van der Waals surface area contributed by atoms with Crippen molar-refractivity contribution in [2.45, 2.75) is 12.3 Å². The van der Waals surface area contributed by atoms with Gasteiger partial charge in [0.15, 0.2) is 5.76 Å². The van der Waals surface area contributed by atoms with Crippen molar-refractivity contribution in [2.75, 3.05) is 0 Å². The number of hydrogen-bond donors (Lipinski definition) is 1. The van der Waals surface area contributed by atoms with Crippen LogP contribution >= 0.6 is 0 Å². The minimum Gasteiger partial charge on any atom is -0.400 e. The summed E-state index contributed by atoms with van der Waals surface area (Å²) in [6, 6.07) is 12.5. The fourth-order valence-corrected chi connectivity index (χ4v) is 2.31. The van der Waals surface area contributed by atoms with Crippen molar-refractivity contribution in [3.05, 3.63) is 63.9 Å². The Morgan fingerprint density at radius 1 is 1.32 bits per heavy atom. The molecule has 0 saturated heterocycles. The second-order valence-corrected chi connectivity index (χ2v) is 5.03. The highest BCUT2D eigenvalue weighted by Gasteiger charge is 2.43. The third-order valence-corrected chi connectivity index (χ3v) is 3.51. The second kappa shape index (κ2) is 5.80. The molecule has 1 aliphatic rings. The third kappa shape index (κ3) is 3.03. The summed E-state index contributed by atoms with van der Waals surface area (Å²) in [6.07, 6.45) is 2.04. The summed E-state index contributed by atoms with van der Waals surface area (Å²) in [5, 5.41) is 14.2. The fourth-order valence-electron chi connectivity index (χ4n) is 2.31. The predicted molar refractivity (Wildman–Crippen MR) is 78.4 cm³/mol. The molecule has 2 atom stereocenters. The lowest BCUT2D eigenvalue weighted by Gasteiger charge is -1.99. The van der Waals surface area contributed by atoms with Crippen molar-refractivity contribution in [2.24, 2.45) is 11.0 Å². The smallest absolute Gasteiger partial charge is 0.400 e. The largest absolute Gasteiger partial charge is 0.433 e. The van der Waals surface area contributed by atoms with Gasteiger partial charge in [0, 0.05) is 5.92 Å². The zero-order chi connectivity index (χ0) is 15.5. The molecule has 1 fully saturated rings. The van der Waals surface area contributed by atoms with Crippen molar-refractivity contribution in [1.29, 1.82) is 0 Å². The monoisotopic (exact) mass is 299 g/mol. The second-order valence-electron chi connectivity index (χ2n) is 5.03. The Bertz CT molecular complexity index is 723. The van der Waals surface area contributed by atoms with E-state index in [0.29, 0.717) is 0 Å². The Morgan fingerprint density at radius 3 is 2.77 bits per heavy atom. The predicted octanol–water partition coefficient (Wildman–Crippen LogP) is 2.44. The number of nitrogens with one attached hydrogen (secondary N) is 1. The maximum Gasteiger partial charge on any atom is 0.433 e. The van der Waals surface area contributed by atoms with Crippen LogP contribution in [0.1, 0.15) is 23.7 Å². The lowest BCUT2D eigenvalue weighted by Crippen LogP contribution is -2.20. The van der Waals surface area contributed by atoms with Gasteiger partial charge in [-0.1, -0.05) is 30.3 Å². The van der Waals surface area contributed by atoms with Crippen LogP contribution in [0.15, 0.2) is 52.0 Å². The van der Waals surface area contributed by atoms with E-state index in [1.807, 2.05) is 30.3 Å². The number of amides is 1. The molecule has 112 valence electrons. The Morgan fingerprint density at radius 2 is 2.09 bits per heavy atom. The third-order valence-electron chi connectivity index (χ3n) is 3.51. The van der Waals surface area contributed by atoms with Crippen LogP contribution in [-0.4, -0.2) is 17.0 Å². The van der Waals surface area contributed by atoms with Crippen LogP contribution in [0.2, 0.25) is 0 Å². The Balaban J connectivity index is 1.53. The van der Waals surface area contributed by atoms with Crippen LogP contribution in [-0.2, 0) is 4.79 Å². The van der Waals surface area contributed by atoms with E-state index in [1.165, 1.54) is 18.3 Å². The molecule has 1 aliphatic carbocycles. The zero-order valence-corrected chi connectivity index (χ0v) is 11.5. The number of nitro groups is 1. The number of carbonyl (C=O) groups is 1. The number of furan rings is 1. The number of carbonyl (C=O) groups excluding carboxylic acids is 1. The highest BCUT2D eigenvalue weighted by molar-refractivity contribution is 5.84. The zero-order valence-electron chi connectivity index (χ0n) is 11.5. The molecular weight excluding hydrogens is 286 g/mol. The summed E-state index contributed by atoms with van der Waals surface area (Å²) < 4.78 is 4.89. The van der Waals surface area contributed by atoms with Crippen molar-refractivity contribution < 1.29 is 14.1 Å². The minimum atomic E-state index is -0.634. The van der Waals surface area contributed by atoms with Crippen molar-refractivity contribution in [3.63, 3.8) is 0 Å². The van der Waals surface area contributed by atoms with Crippen LogP contribution in [0.5, 0.6) is 0 Å². The summed E-state index contributed by atoms with van der Waals surface area (Å²) in [5.74, 6) is -0.153. The number of benzene rings is 1. The van der Waals surface area contributed by atoms with Gasteiger partial charge < -0.3 is 4.42 Å². The Hall–Kier alpha value is -2.96. The summed E-state index contributed by atoms with van der Waals surface area (Å²) >= 11 is 0. The molecule has 1 heterocycles. The lowest BCUT2D eigenvalue weighted by molar-refractivity contribution is -0.402. The molecule has 0 bridgehead atoms. The first-order valence-electron chi connectivity index (χ1n) is 6.77. The molecule has 3 rings (SSSR count). The molecule has 1 N–H and O–H groups in total. The van der Waals surface area contributed by atoms with Crippen LogP contribution in [0.4, 0.5) is 5.88 Å². The topological polar surface area (TPSA) is 97.7 Å². The Kier molecular flexibility index (Phi) is 3.69. The van der Waals surface area contributed by atoms with Crippen LogP contribution in [0.25, 0.3) is 0 Å². The number of hydrogen-bond acceptors (Lipinski definition) is 5. The van der Waals surface area contributed by atoms with Gasteiger partial charge in [0.1, 0.15) is 4.92 Å². The molecule has 1 saturated carbocycles. The van der Waals surface area contributed by atoms with Crippen molar-refractivity contribution >= 4 is 18.0 Å². The van der Waals surface area contributed by atoms with Crippen molar-refractivity contribution in [1.82, 2.24) is 5.43 Å². The SMILES string of the molecule is O=C(N/N=C\c1ccc([N+](=O)[O-])o1)[C@@H]1C[C@@H]1c1ccccc1. The quantitative estimate of drug-likeness (QED) is 0.521. The maximum absolute atomic E-state index is 11.9. The average molecular weight is 299 g/mol. The van der Waals surface area contributed by atoms with Crippen LogP contribution in [0.3, 0.4) is 0 Å². The van der Waals surface area contributed by atoms with E-state index in [2.05, 4.69) is 10.5 Å². The maximum atomic E-state index is 11.9.